The van der Waals surface area contributed by atoms with Crippen molar-refractivity contribution in [2.24, 2.45) is 4.99 Å². The summed E-state index contributed by atoms with van der Waals surface area (Å²) in [6.45, 7) is 10.3. The van der Waals surface area contributed by atoms with E-state index in [-0.39, 0.29) is 11.7 Å². The SMILES string of the molecule is CCOc1ccc([C@H]2C(C(=O)OC(C)C)=C(C)N=c3s/c(=C/c4cc(Br)ccc4OCc4ccc(C)cc4)c(=O)n32)cc1. The third-order valence-corrected chi connectivity index (χ3v) is 8.34. The molecule has 7 nitrogen and oxygen atoms in total. The van der Waals surface area contributed by atoms with Gasteiger partial charge in [0.2, 0.25) is 0 Å². The molecule has 43 heavy (non-hydrogen) atoms. The van der Waals surface area contributed by atoms with E-state index in [1.54, 1.807) is 25.3 Å². The van der Waals surface area contributed by atoms with E-state index >= 15 is 0 Å². The number of hydrogen-bond acceptors (Lipinski definition) is 7. The van der Waals surface area contributed by atoms with Crippen LogP contribution in [0.25, 0.3) is 6.08 Å². The van der Waals surface area contributed by atoms with E-state index in [2.05, 4.69) is 28.1 Å². The molecule has 0 saturated heterocycles. The van der Waals surface area contributed by atoms with Crippen molar-refractivity contribution in [1.29, 1.82) is 0 Å². The Hall–Kier alpha value is -3.95. The molecule has 1 atom stereocenters. The molecule has 5 rings (SSSR count). The van der Waals surface area contributed by atoms with E-state index in [9.17, 15) is 9.59 Å². The fourth-order valence-corrected chi connectivity index (χ4v) is 6.26. The Morgan fingerprint density at radius 2 is 1.77 bits per heavy atom. The van der Waals surface area contributed by atoms with Gasteiger partial charge in [0, 0.05) is 10.0 Å². The predicted octanol–water partition coefficient (Wildman–Crippen LogP) is 6.24. The first-order chi connectivity index (χ1) is 20.6. The lowest BCUT2D eigenvalue weighted by Crippen LogP contribution is -2.40. The summed E-state index contributed by atoms with van der Waals surface area (Å²) in [5.74, 6) is 0.858. The fourth-order valence-electron chi connectivity index (χ4n) is 4.84. The van der Waals surface area contributed by atoms with Crippen molar-refractivity contribution >= 4 is 39.3 Å². The van der Waals surface area contributed by atoms with Gasteiger partial charge in [-0.3, -0.25) is 9.36 Å². The van der Waals surface area contributed by atoms with Crippen LogP contribution in [-0.2, 0) is 16.1 Å². The minimum Gasteiger partial charge on any atom is -0.494 e. The Kier molecular flexibility index (Phi) is 9.32. The van der Waals surface area contributed by atoms with Crippen molar-refractivity contribution in [3.05, 3.63) is 124 Å². The number of benzene rings is 3. The number of fused-ring (bicyclic) bond motifs is 1. The standard InChI is InChI=1S/C34H33BrN2O5S/c1-6-40-27-14-11-24(12-15-27)31-30(33(39)42-20(2)3)22(5)36-34-37(31)32(38)29(43-34)18-25-17-26(35)13-16-28(25)41-19-23-9-7-21(4)8-10-23/h7-18,20,31H,6,19H2,1-5H3/b29-18+/t31-/m0/s1. The van der Waals surface area contributed by atoms with Crippen molar-refractivity contribution in [3.8, 4) is 11.5 Å². The summed E-state index contributed by atoms with van der Waals surface area (Å²) in [6, 6.07) is 20.6. The van der Waals surface area contributed by atoms with Crippen molar-refractivity contribution in [2.75, 3.05) is 6.61 Å². The van der Waals surface area contributed by atoms with Gasteiger partial charge < -0.3 is 14.2 Å². The summed E-state index contributed by atoms with van der Waals surface area (Å²) in [5, 5.41) is 0. The quantitative estimate of drug-likeness (QED) is 0.199. The highest BCUT2D eigenvalue weighted by Crippen LogP contribution is 2.32. The van der Waals surface area contributed by atoms with Crippen LogP contribution in [0.1, 0.15) is 56.0 Å². The van der Waals surface area contributed by atoms with Crippen LogP contribution in [-0.4, -0.2) is 23.2 Å². The molecule has 0 spiro atoms. The molecule has 2 heterocycles. The van der Waals surface area contributed by atoms with Gasteiger partial charge in [-0.1, -0.05) is 69.2 Å². The number of aryl methyl sites for hydroxylation is 1. The van der Waals surface area contributed by atoms with Gasteiger partial charge in [-0.25, -0.2) is 9.79 Å². The van der Waals surface area contributed by atoms with Crippen molar-refractivity contribution in [2.45, 2.75) is 53.4 Å². The Balaban J connectivity index is 1.60. The van der Waals surface area contributed by atoms with E-state index in [1.165, 1.54) is 16.9 Å². The maximum absolute atomic E-state index is 14.1. The number of hydrogen-bond donors (Lipinski definition) is 0. The highest BCUT2D eigenvalue weighted by Gasteiger charge is 2.33. The lowest BCUT2D eigenvalue weighted by atomic mass is 9.96. The van der Waals surface area contributed by atoms with Crippen LogP contribution in [0, 0.1) is 6.92 Å². The number of allylic oxidation sites excluding steroid dienone is 1. The summed E-state index contributed by atoms with van der Waals surface area (Å²) in [5.41, 5.74) is 4.33. The van der Waals surface area contributed by atoms with Gasteiger partial charge in [-0.2, -0.15) is 0 Å². The molecule has 0 bridgehead atoms. The lowest BCUT2D eigenvalue weighted by molar-refractivity contribution is -0.143. The summed E-state index contributed by atoms with van der Waals surface area (Å²) in [6.07, 6.45) is 1.49. The molecule has 1 aromatic heterocycles. The van der Waals surface area contributed by atoms with E-state index in [1.807, 2.05) is 74.5 Å². The number of carbonyl (C=O) groups is 1. The Morgan fingerprint density at radius 1 is 1.05 bits per heavy atom. The average molecular weight is 662 g/mol. The molecule has 9 heteroatoms. The molecule has 3 aromatic carbocycles. The summed E-state index contributed by atoms with van der Waals surface area (Å²) in [7, 11) is 0. The van der Waals surface area contributed by atoms with E-state index in [0.29, 0.717) is 45.3 Å². The Labute approximate surface area is 262 Å². The van der Waals surface area contributed by atoms with Crippen molar-refractivity contribution in [3.63, 3.8) is 0 Å². The molecule has 0 amide bonds. The third kappa shape index (κ3) is 6.84. The van der Waals surface area contributed by atoms with Gasteiger partial charge >= 0.3 is 5.97 Å². The number of carbonyl (C=O) groups excluding carboxylic acids is 1. The largest absolute Gasteiger partial charge is 0.494 e. The van der Waals surface area contributed by atoms with Crippen LogP contribution < -0.4 is 24.4 Å². The average Bonchev–Trinajstić information content (AvgIpc) is 3.27. The molecular formula is C34H33BrN2O5S. The molecule has 0 radical (unpaired) electrons. The molecule has 1 aliphatic rings. The van der Waals surface area contributed by atoms with Crippen LogP contribution >= 0.6 is 27.3 Å². The van der Waals surface area contributed by atoms with Gasteiger partial charge in [-0.15, -0.1) is 0 Å². The number of halogens is 1. The second-order valence-electron chi connectivity index (χ2n) is 10.5. The molecule has 4 aromatic rings. The van der Waals surface area contributed by atoms with E-state index in [0.717, 1.165) is 21.2 Å². The smallest absolute Gasteiger partial charge is 0.338 e. The van der Waals surface area contributed by atoms with E-state index < -0.39 is 12.0 Å². The van der Waals surface area contributed by atoms with Crippen LogP contribution in [0.2, 0.25) is 0 Å². The Morgan fingerprint density at radius 3 is 2.44 bits per heavy atom. The predicted molar refractivity (Wildman–Crippen MR) is 172 cm³/mol. The molecule has 0 aliphatic carbocycles. The molecule has 0 unspecified atom stereocenters. The van der Waals surface area contributed by atoms with Crippen LogP contribution in [0.4, 0.5) is 0 Å². The summed E-state index contributed by atoms with van der Waals surface area (Å²) < 4.78 is 20.3. The fraction of sp³-hybridized carbons (Fsp3) is 0.265. The molecule has 0 N–H and O–H groups in total. The lowest BCUT2D eigenvalue weighted by Gasteiger charge is -2.25. The zero-order valence-corrected chi connectivity index (χ0v) is 27.1. The van der Waals surface area contributed by atoms with E-state index in [4.69, 9.17) is 19.2 Å². The summed E-state index contributed by atoms with van der Waals surface area (Å²) in [4.78, 5) is 32.7. The monoisotopic (exact) mass is 660 g/mol. The second kappa shape index (κ2) is 13.1. The number of ether oxygens (including phenoxy) is 3. The number of rotatable bonds is 9. The maximum atomic E-state index is 14.1. The topological polar surface area (TPSA) is 79.1 Å². The highest BCUT2D eigenvalue weighted by molar-refractivity contribution is 9.10. The number of aromatic nitrogens is 1. The maximum Gasteiger partial charge on any atom is 0.338 e. The van der Waals surface area contributed by atoms with Crippen molar-refractivity contribution < 1.29 is 19.0 Å². The third-order valence-electron chi connectivity index (χ3n) is 6.86. The molecule has 1 aliphatic heterocycles. The number of esters is 1. The van der Waals surface area contributed by atoms with Gasteiger partial charge in [0.1, 0.15) is 18.1 Å². The molecular weight excluding hydrogens is 628 g/mol. The van der Waals surface area contributed by atoms with Crippen LogP contribution in [0.15, 0.2) is 92.3 Å². The van der Waals surface area contributed by atoms with Gasteiger partial charge in [-0.05, 0) is 82.2 Å². The molecule has 0 saturated carbocycles. The van der Waals surface area contributed by atoms with Crippen LogP contribution in [0.5, 0.6) is 11.5 Å². The number of thiazole rings is 1. The summed E-state index contributed by atoms with van der Waals surface area (Å²) >= 11 is 4.83. The van der Waals surface area contributed by atoms with Crippen molar-refractivity contribution in [1.82, 2.24) is 4.57 Å². The minimum atomic E-state index is -0.708. The van der Waals surface area contributed by atoms with Crippen LogP contribution in [0.3, 0.4) is 0 Å². The van der Waals surface area contributed by atoms with Gasteiger partial charge in [0.15, 0.2) is 4.80 Å². The highest BCUT2D eigenvalue weighted by atomic mass is 79.9. The first-order valence-electron chi connectivity index (χ1n) is 14.1. The first-order valence-corrected chi connectivity index (χ1v) is 15.7. The molecule has 0 fully saturated rings. The second-order valence-corrected chi connectivity index (χ2v) is 12.4. The minimum absolute atomic E-state index is 0.255. The Bertz CT molecular complexity index is 1850. The zero-order chi connectivity index (χ0) is 30.7. The normalized spacial score (nSPS) is 14.9. The number of nitrogens with zero attached hydrogens (tertiary/aromatic N) is 2. The first kappa shape index (κ1) is 30.5. The van der Waals surface area contributed by atoms with Gasteiger partial charge in [0.25, 0.3) is 5.56 Å². The molecule has 222 valence electrons. The van der Waals surface area contributed by atoms with Gasteiger partial charge in [0.05, 0.1) is 34.6 Å². The zero-order valence-electron chi connectivity index (χ0n) is 24.7.